The summed E-state index contributed by atoms with van der Waals surface area (Å²) in [5, 5.41) is 0. The van der Waals surface area contributed by atoms with E-state index in [1.165, 1.54) is 56.4 Å². The smallest absolute Gasteiger partial charge is 0.0366 e. The van der Waals surface area contributed by atoms with Gasteiger partial charge in [-0.2, -0.15) is 0 Å². The van der Waals surface area contributed by atoms with Crippen molar-refractivity contribution in [1.82, 2.24) is 0 Å². The summed E-state index contributed by atoms with van der Waals surface area (Å²) in [5.74, 6) is 0. The van der Waals surface area contributed by atoms with Gasteiger partial charge in [0.05, 0.1) is 0 Å². The Hall–Kier alpha value is -0.980. The van der Waals surface area contributed by atoms with Crippen LogP contribution in [0, 0.1) is 5.41 Å². The molecule has 0 atom stereocenters. The molecule has 0 N–H and O–H groups in total. The third-order valence-corrected chi connectivity index (χ3v) is 5.34. The van der Waals surface area contributed by atoms with Gasteiger partial charge in [0.2, 0.25) is 0 Å². The molecule has 2 aliphatic rings. The minimum atomic E-state index is 0.260. The molecule has 1 aliphatic carbocycles. The molecule has 1 heterocycles. The maximum Gasteiger partial charge on any atom is 0.0366 e. The summed E-state index contributed by atoms with van der Waals surface area (Å²) in [6.45, 7) is 9.36. The Labute approximate surface area is 118 Å². The van der Waals surface area contributed by atoms with E-state index in [0.29, 0.717) is 0 Å². The van der Waals surface area contributed by atoms with Crippen molar-refractivity contribution in [3.8, 4) is 0 Å². The van der Waals surface area contributed by atoms with Crippen LogP contribution in [0.3, 0.4) is 0 Å². The van der Waals surface area contributed by atoms with Crippen molar-refractivity contribution in [3.05, 3.63) is 29.8 Å². The Balaban J connectivity index is 1.67. The van der Waals surface area contributed by atoms with Crippen molar-refractivity contribution in [2.75, 3.05) is 18.0 Å². The highest BCUT2D eigenvalue weighted by atomic mass is 15.1. The number of hydrogen-bond acceptors (Lipinski definition) is 1. The zero-order valence-electron chi connectivity index (χ0n) is 12.7. The molecule has 1 aromatic carbocycles. The fraction of sp³-hybridized carbons (Fsp3) is 0.667. The molecule has 3 rings (SSSR count). The second-order valence-corrected chi connectivity index (χ2v) is 7.64. The van der Waals surface area contributed by atoms with Crippen molar-refractivity contribution in [3.63, 3.8) is 0 Å². The molecule has 1 nitrogen and oxygen atoms in total. The van der Waals surface area contributed by atoms with Gasteiger partial charge in [-0.1, -0.05) is 39.3 Å². The third-order valence-electron chi connectivity index (χ3n) is 5.34. The van der Waals surface area contributed by atoms with Crippen LogP contribution in [-0.4, -0.2) is 13.1 Å². The molecule has 104 valence electrons. The first-order valence-electron chi connectivity index (χ1n) is 7.84. The predicted molar refractivity (Wildman–Crippen MR) is 82.9 cm³/mol. The Morgan fingerprint density at radius 3 is 1.89 bits per heavy atom. The van der Waals surface area contributed by atoms with Crippen LogP contribution < -0.4 is 4.90 Å². The zero-order chi connectivity index (χ0) is 13.5. The summed E-state index contributed by atoms with van der Waals surface area (Å²) in [6.07, 6.45) is 7.27. The second-order valence-electron chi connectivity index (χ2n) is 7.64. The van der Waals surface area contributed by atoms with Crippen LogP contribution >= 0.6 is 0 Å². The Bertz CT molecular complexity index is 424. The molecule has 0 unspecified atom stereocenters. The molecule has 1 aliphatic heterocycles. The van der Waals surface area contributed by atoms with Crippen LogP contribution in [-0.2, 0) is 5.41 Å². The average molecular weight is 257 g/mol. The van der Waals surface area contributed by atoms with E-state index in [0.717, 1.165) is 5.41 Å². The van der Waals surface area contributed by atoms with Crippen LogP contribution in [0.15, 0.2) is 24.3 Å². The van der Waals surface area contributed by atoms with Gasteiger partial charge in [-0.3, -0.25) is 0 Å². The third kappa shape index (κ3) is 2.52. The van der Waals surface area contributed by atoms with Crippen molar-refractivity contribution < 1.29 is 0 Å². The molecule has 1 aromatic rings. The van der Waals surface area contributed by atoms with E-state index < -0.39 is 0 Å². The first-order valence-corrected chi connectivity index (χ1v) is 7.84. The lowest BCUT2D eigenvalue weighted by molar-refractivity contribution is 0.0955. The SMILES string of the molecule is CC(C)(C)c1ccc(N2CCC3(CCC3)CC2)cc1. The highest BCUT2D eigenvalue weighted by Crippen LogP contribution is 2.49. The van der Waals surface area contributed by atoms with Crippen LogP contribution in [0.2, 0.25) is 0 Å². The predicted octanol–water partition coefficient (Wildman–Crippen LogP) is 4.75. The first kappa shape index (κ1) is 13.0. The lowest BCUT2D eigenvalue weighted by Gasteiger charge is -2.48. The molecule has 1 heteroatoms. The van der Waals surface area contributed by atoms with E-state index in [2.05, 4.69) is 49.9 Å². The van der Waals surface area contributed by atoms with Crippen molar-refractivity contribution in [2.24, 2.45) is 5.41 Å². The standard InChI is InChI=1S/C18H27N/c1-17(2,3)15-5-7-16(8-6-15)19-13-11-18(12-14-19)9-4-10-18/h5-8H,4,9-14H2,1-3H3. The van der Waals surface area contributed by atoms with Crippen LogP contribution in [0.4, 0.5) is 5.69 Å². The molecule has 2 fully saturated rings. The molecular formula is C18H27N. The van der Waals surface area contributed by atoms with Crippen LogP contribution in [0.5, 0.6) is 0 Å². The van der Waals surface area contributed by atoms with Gasteiger partial charge >= 0.3 is 0 Å². The normalized spacial score (nSPS) is 22.4. The zero-order valence-corrected chi connectivity index (χ0v) is 12.7. The molecule has 0 bridgehead atoms. The number of rotatable bonds is 1. The van der Waals surface area contributed by atoms with Gasteiger partial charge in [0, 0.05) is 18.8 Å². The Morgan fingerprint density at radius 1 is 0.895 bits per heavy atom. The fourth-order valence-corrected chi connectivity index (χ4v) is 3.59. The van der Waals surface area contributed by atoms with Gasteiger partial charge in [-0.25, -0.2) is 0 Å². The van der Waals surface area contributed by atoms with E-state index in [9.17, 15) is 0 Å². The van der Waals surface area contributed by atoms with Crippen molar-refractivity contribution >= 4 is 5.69 Å². The maximum absolute atomic E-state index is 2.58. The van der Waals surface area contributed by atoms with Crippen LogP contribution in [0.1, 0.15) is 58.4 Å². The van der Waals surface area contributed by atoms with Gasteiger partial charge in [0.15, 0.2) is 0 Å². The number of benzene rings is 1. The molecule has 0 aromatic heterocycles. The van der Waals surface area contributed by atoms with Gasteiger partial charge in [-0.05, 0) is 54.2 Å². The van der Waals surface area contributed by atoms with Crippen molar-refractivity contribution in [2.45, 2.75) is 58.3 Å². The minimum absolute atomic E-state index is 0.260. The quantitative estimate of drug-likeness (QED) is 0.701. The summed E-state index contributed by atoms with van der Waals surface area (Å²) < 4.78 is 0. The summed E-state index contributed by atoms with van der Waals surface area (Å²) in [4.78, 5) is 2.58. The fourth-order valence-electron chi connectivity index (χ4n) is 3.59. The maximum atomic E-state index is 2.58. The number of nitrogens with zero attached hydrogens (tertiary/aromatic N) is 1. The first-order chi connectivity index (χ1) is 8.99. The Kier molecular flexibility index (Phi) is 3.11. The number of anilines is 1. The monoisotopic (exact) mass is 257 g/mol. The van der Waals surface area contributed by atoms with Gasteiger partial charge < -0.3 is 4.90 Å². The van der Waals surface area contributed by atoms with Gasteiger partial charge in [0.1, 0.15) is 0 Å². The summed E-state index contributed by atoms with van der Waals surface area (Å²) >= 11 is 0. The summed E-state index contributed by atoms with van der Waals surface area (Å²) in [5.41, 5.74) is 3.86. The number of hydrogen-bond donors (Lipinski definition) is 0. The van der Waals surface area contributed by atoms with Crippen molar-refractivity contribution in [1.29, 1.82) is 0 Å². The lowest BCUT2D eigenvalue weighted by atomic mass is 9.63. The molecule has 1 spiro atoms. The topological polar surface area (TPSA) is 3.24 Å². The summed E-state index contributed by atoms with van der Waals surface area (Å²) in [7, 11) is 0. The molecular weight excluding hydrogens is 230 g/mol. The second kappa shape index (κ2) is 4.54. The highest BCUT2D eigenvalue weighted by Gasteiger charge is 2.39. The van der Waals surface area contributed by atoms with Gasteiger partial charge in [0.25, 0.3) is 0 Å². The van der Waals surface area contributed by atoms with E-state index >= 15 is 0 Å². The Morgan fingerprint density at radius 2 is 1.47 bits per heavy atom. The van der Waals surface area contributed by atoms with E-state index in [1.807, 2.05) is 0 Å². The lowest BCUT2D eigenvalue weighted by Crippen LogP contribution is -2.43. The van der Waals surface area contributed by atoms with E-state index in [1.54, 1.807) is 0 Å². The summed E-state index contributed by atoms with van der Waals surface area (Å²) in [6, 6.07) is 9.25. The number of piperidine rings is 1. The molecule has 1 saturated carbocycles. The molecule has 19 heavy (non-hydrogen) atoms. The largest absolute Gasteiger partial charge is 0.371 e. The average Bonchev–Trinajstić information content (AvgIpc) is 2.36. The van der Waals surface area contributed by atoms with E-state index in [-0.39, 0.29) is 5.41 Å². The van der Waals surface area contributed by atoms with E-state index in [4.69, 9.17) is 0 Å². The minimum Gasteiger partial charge on any atom is -0.371 e. The van der Waals surface area contributed by atoms with Gasteiger partial charge in [-0.15, -0.1) is 0 Å². The highest BCUT2D eigenvalue weighted by molar-refractivity contribution is 5.49. The molecule has 0 amide bonds. The van der Waals surface area contributed by atoms with Crippen LogP contribution in [0.25, 0.3) is 0 Å². The molecule has 0 radical (unpaired) electrons. The molecule has 1 saturated heterocycles.